The molecular formula is C12H13FeO4P. The Bertz CT molecular complexity index is 402. The normalized spacial score (nSPS) is 10.1. The van der Waals surface area contributed by atoms with Gasteiger partial charge in [0.05, 0.1) is 7.82 Å². The van der Waals surface area contributed by atoms with Crippen molar-refractivity contribution in [3.8, 4) is 0 Å². The van der Waals surface area contributed by atoms with Crippen molar-refractivity contribution >= 4 is 7.82 Å². The van der Waals surface area contributed by atoms with Gasteiger partial charge in [-0.15, -0.1) is 0 Å². The van der Waals surface area contributed by atoms with Crippen molar-refractivity contribution in [3.63, 3.8) is 0 Å². The SMILES string of the molecule is O=P([O-])([O-])OCC[c-]1cccc1.[Fe+4].c1cc[cH-]c1. The Morgan fingerprint density at radius 2 is 1.67 bits per heavy atom. The maximum atomic E-state index is 10.0. The number of rotatable bonds is 4. The molecule has 2 aromatic carbocycles. The minimum atomic E-state index is -4.78. The van der Waals surface area contributed by atoms with Crippen molar-refractivity contribution < 1.29 is 35.9 Å². The molecule has 0 spiro atoms. The van der Waals surface area contributed by atoms with Crippen molar-refractivity contribution in [2.75, 3.05) is 6.61 Å². The number of hydrogen-bond acceptors (Lipinski definition) is 4. The van der Waals surface area contributed by atoms with Gasteiger partial charge in [0.15, 0.2) is 0 Å². The Hall–Kier alpha value is -0.671. The van der Waals surface area contributed by atoms with Crippen molar-refractivity contribution in [2.24, 2.45) is 0 Å². The summed E-state index contributed by atoms with van der Waals surface area (Å²) < 4.78 is 14.1. The van der Waals surface area contributed by atoms with Crippen LogP contribution in [0, 0.1) is 0 Å². The molecule has 0 bridgehead atoms. The average Bonchev–Trinajstić information content (AvgIpc) is 2.91. The van der Waals surface area contributed by atoms with Crippen molar-refractivity contribution in [1.29, 1.82) is 0 Å². The van der Waals surface area contributed by atoms with Crippen molar-refractivity contribution in [1.82, 2.24) is 0 Å². The van der Waals surface area contributed by atoms with E-state index in [4.69, 9.17) is 0 Å². The Kier molecular flexibility index (Phi) is 8.94. The summed E-state index contributed by atoms with van der Waals surface area (Å²) in [5, 5.41) is 0. The van der Waals surface area contributed by atoms with Crippen LogP contribution >= 0.6 is 7.82 Å². The second-order valence-electron chi connectivity index (χ2n) is 3.29. The summed E-state index contributed by atoms with van der Waals surface area (Å²) in [4.78, 5) is 20.0. The third-order valence-electron chi connectivity index (χ3n) is 1.93. The maximum Gasteiger partial charge on any atom is 4.00 e. The fourth-order valence-corrected chi connectivity index (χ4v) is 1.49. The molecule has 0 radical (unpaired) electrons. The predicted octanol–water partition coefficient (Wildman–Crippen LogP) is 1.20. The van der Waals surface area contributed by atoms with E-state index in [1.165, 1.54) is 0 Å². The average molecular weight is 308 g/mol. The maximum absolute atomic E-state index is 10.0. The van der Waals surface area contributed by atoms with Gasteiger partial charge in [-0.05, 0) is 6.42 Å². The monoisotopic (exact) mass is 308 g/mol. The first-order valence-electron chi connectivity index (χ1n) is 5.12. The Labute approximate surface area is 117 Å². The van der Waals surface area contributed by atoms with Crippen LogP contribution in [0.1, 0.15) is 5.56 Å². The summed E-state index contributed by atoms with van der Waals surface area (Å²) >= 11 is 0. The van der Waals surface area contributed by atoms with Gasteiger partial charge < -0.3 is 18.9 Å². The van der Waals surface area contributed by atoms with Crippen LogP contribution in [-0.4, -0.2) is 6.61 Å². The smallest absolute Gasteiger partial charge is 0.790 e. The number of phosphoric acid groups is 1. The van der Waals surface area contributed by atoms with E-state index in [1.807, 2.05) is 54.6 Å². The van der Waals surface area contributed by atoms with E-state index in [1.54, 1.807) is 0 Å². The fraction of sp³-hybridized carbons (Fsp3) is 0.167. The molecular weight excluding hydrogens is 295 g/mol. The molecule has 98 valence electrons. The summed E-state index contributed by atoms with van der Waals surface area (Å²) in [5.41, 5.74) is 0.962. The van der Waals surface area contributed by atoms with Gasteiger partial charge in [-0.3, -0.25) is 0 Å². The van der Waals surface area contributed by atoms with Crippen LogP contribution in [0.4, 0.5) is 0 Å². The van der Waals surface area contributed by atoms with Crippen LogP contribution in [0.5, 0.6) is 0 Å². The molecule has 0 heterocycles. The third-order valence-corrected chi connectivity index (χ3v) is 2.43. The molecule has 0 amide bonds. The van der Waals surface area contributed by atoms with E-state index < -0.39 is 7.82 Å². The Morgan fingerprint density at radius 1 is 1.11 bits per heavy atom. The zero-order chi connectivity index (χ0) is 12.6. The molecule has 2 rings (SSSR count). The molecule has 0 saturated carbocycles. The second kappa shape index (κ2) is 9.28. The van der Waals surface area contributed by atoms with E-state index in [2.05, 4.69) is 4.52 Å². The largest absolute Gasteiger partial charge is 4.00 e. The summed E-state index contributed by atoms with van der Waals surface area (Å²) in [5.74, 6) is 0. The summed E-state index contributed by atoms with van der Waals surface area (Å²) in [6.07, 6.45) is 0.446. The molecule has 6 heteroatoms. The minimum absolute atomic E-state index is 0. The standard InChI is InChI=1S/C7H10O4P.C5H5.Fe/c8-12(9,10)11-6-5-7-3-1-2-4-7;1-2-4-5-3-1;/h1-4H,5-6H2,(H2,8,9,10);1-5H;/q2*-1;+4/p-2. The van der Waals surface area contributed by atoms with Gasteiger partial charge in [0.25, 0.3) is 0 Å². The van der Waals surface area contributed by atoms with Gasteiger partial charge in [0.2, 0.25) is 0 Å². The van der Waals surface area contributed by atoms with Crippen LogP contribution in [0.3, 0.4) is 0 Å². The van der Waals surface area contributed by atoms with E-state index in [9.17, 15) is 14.4 Å². The fourth-order valence-electron chi connectivity index (χ4n) is 1.18. The van der Waals surface area contributed by atoms with Crippen LogP contribution in [0.15, 0.2) is 54.6 Å². The molecule has 0 unspecified atom stereocenters. The van der Waals surface area contributed by atoms with Crippen LogP contribution in [-0.2, 0) is 32.6 Å². The molecule has 0 fully saturated rings. The molecule has 0 N–H and O–H groups in total. The van der Waals surface area contributed by atoms with E-state index in [0.717, 1.165) is 5.56 Å². The molecule has 0 aromatic heterocycles. The summed E-state index contributed by atoms with van der Waals surface area (Å²) in [7, 11) is -4.78. The molecule has 0 saturated heterocycles. The van der Waals surface area contributed by atoms with Gasteiger partial charge in [-0.1, -0.05) is 0 Å². The Morgan fingerprint density at radius 3 is 2.06 bits per heavy atom. The Balaban J connectivity index is 0.000000405. The molecule has 0 aliphatic rings. The zero-order valence-electron chi connectivity index (χ0n) is 9.54. The van der Waals surface area contributed by atoms with Gasteiger partial charge in [-0.2, -0.15) is 35.9 Å². The molecule has 18 heavy (non-hydrogen) atoms. The van der Waals surface area contributed by atoms with Gasteiger partial charge in [0, 0.05) is 6.61 Å². The topological polar surface area (TPSA) is 72.4 Å². The van der Waals surface area contributed by atoms with Gasteiger partial charge in [-0.25, -0.2) is 24.3 Å². The molecule has 4 nitrogen and oxygen atoms in total. The first kappa shape index (κ1) is 17.3. The minimum Gasteiger partial charge on any atom is -0.790 e. The molecule has 0 aliphatic carbocycles. The van der Waals surface area contributed by atoms with Crippen molar-refractivity contribution in [3.05, 3.63) is 60.2 Å². The van der Waals surface area contributed by atoms with E-state index in [0.29, 0.717) is 6.42 Å². The van der Waals surface area contributed by atoms with Crippen LogP contribution in [0.25, 0.3) is 0 Å². The molecule has 2 aromatic rings. The first-order valence-corrected chi connectivity index (χ1v) is 6.58. The quantitative estimate of drug-likeness (QED) is 0.483. The summed E-state index contributed by atoms with van der Waals surface area (Å²) in [6.45, 7) is -0.0751. The summed E-state index contributed by atoms with van der Waals surface area (Å²) in [6, 6.07) is 17.3. The number of hydrogen-bond donors (Lipinski definition) is 0. The predicted molar refractivity (Wildman–Crippen MR) is 61.3 cm³/mol. The molecule has 0 aliphatic heterocycles. The van der Waals surface area contributed by atoms with E-state index in [-0.39, 0.29) is 23.7 Å². The van der Waals surface area contributed by atoms with Gasteiger partial charge >= 0.3 is 17.1 Å². The third kappa shape index (κ3) is 9.37. The van der Waals surface area contributed by atoms with Crippen molar-refractivity contribution in [2.45, 2.75) is 6.42 Å². The van der Waals surface area contributed by atoms with Crippen LogP contribution < -0.4 is 9.79 Å². The second-order valence-corrected chi connectivity index (χ2v) is 4.44. The van der Waals surface area contributed by atoms with Crippen LogP contribution in [0.2, 0.25) is 0 Å². The number of phosphoric ester groups is 1. The molecule has 0 atom stereocenters. The zero-order valence-corrected chi connectivity index (χ0v) is 11.5. The van der Waals surface area contributed by atoms with E-state index >= 15 is 0 Å². The van der Waals surface area contributed by atoms with Gasteiger partial charge in [0.1, 0.15) is 0 Å². The first-order chi connectivity index (χ1) is 8.08.